The van der Waals surface area contributed by atoms with E-state index in [1.807, 2.05) is 33.0 Å². The number of carbonyl (C=O) groups is 1. The fourth-order valence-electron chi connectivity index (χ4n) is 4.18. The first-order chi connectivity index (χ1) is 14.9. The number of rotatable bonds is 7. The van der Waals surface area contributed by atoms with Gasteiger partial charge in [-0.25, -0.2) is 9.78 Å². The van der Waals surface area contributed by atoms with Crippen molar-refractivity contribution in [1.82, 2.24) is 25.1 Å². The lowest BCUT2D eigenvalue weighted by atomic mass is 10.0. The molecule has 2 atom stereocenters. The molecule has 0 spiro atoms. The van der Waals surface area contributed by atoms with Crippen molar-refractivity contribution in [3.05, 3.63) is 35.8 Å². The first kappa shape index (κ1) is 21.2. The van der Waals surface area contributed by atoms with Crippen LogP contribution in [0.25, 0.3) is 10.9 Å². The highest BCUT2D eigenvalue weighted by Crippen LogP contribution is 2.36. The van der Waals surface area contributed by atoms with Crippen LogP contribution in [0.4, 0.5) is 16.4 Å². The maximum atomic E-state index is 11.9. The van der Waals surface area contributed by atoms with Crippen LogP contribution in [0.15, 0.2) is 24.4 Å². The molecular formula is C22H30N6O3. The second-order valence-electron chi connectivity index (χ2n) is 8.39. The molecule has 166 valence electrons. The lowest BCUT2D eigenvalue weighted by Gasteiger charge is -2.14. The molecule has 0 aromatic carbocycles. The molecular weight excluding hydrogens is 396 g/mol. The first-order valence-electron chi connectivity index (χ1n) is 10.7. The van der Waals surface area contributed by atoms with Crippen LogP contribution in [0.5, 0.6) is 0 Å². The molecule has 0 saturated heterocycles. The van der Waals surface area contributed by atoms with Gasteiger partial charge in [-0.15, -0.1) is 0 Å². The van der Waals surface area contributed by atoms with Gasteiger partial charge in [0.1, 0.15) is 11.9 Å². The van der Waals surface area contributed by atoms with Crippen LogP contribution in [-0.4, -0.2) is 45.1 Å². The Hall–Kier alpha value is -3.07. The third-order valence-corrected chi connectivity index (χ3v) is 5.71. The molecule has 0 bridgehead atoms. The highest BCUT2D eigenvalue weighted by Gasteiger charge is 2.30. The Kier molecular flexibility index (Phi) is 6.13. The predicted octanol–water partition coefficient (Wildman–Crippen LogP) is 3.96. The molecule has 4 rings (SSSR count). The molecule has 31 heavy (non-hydrogen) atoms. The molecule has 3 aromatic heterocycles. The summed E-state index contributed by atoms with van der Waals surface area (Å²) in [6.07, 6.45) is 3.97. The fraction of sp³-hybridized carbons (Fsp3) is 0.500. The molecule has 3 N–H and O–H groups in total. The van der Waals surface area contributed by atoms with Crippen molar-refractivity contribution >= 4 is 28.6 Å². The van der Waals surface area contributed by atoms with Crippen molar-refractivity contribution in [1.29, 1.82) is 0 Å². The van der Waals surface area contributed by atoms with Crippen molar-refractivity contribution in [2.75, 3.05) is 12.4 Å². The van der Waals surface area contributed by atoms with Crippen LogP contribution < -0.4 is 10.6 Å². The van der Waals surface area contributed by atoms with Crippen molar-refractivity contribution < 1.29 is 14.3 Å². The molecule has 0 unspecified atom stereocenters. The van der Waals surface area contributed by atoms with Crippen LogP contribution in [0.1, 0.15) is 50.4 Å². The van der Waals surface area contributed by atoms with Gasteiger partial charge in [-0.1, -0.05) is 0 Å². The number of anilines is 2. The molecule has 1 aliphatic carbocycles. The van der Waals surface area contributed by atoms with E-state index in [9.17, 15) is 4.79 Å². The highest BCUT2D eigenvalue weighted by atomic mass is 16.6. The molecule has 1 amide bonds. The SMILES string of the molecule is COCc1cc2c(Nc3cc([C@@H]4CC[C@H](OC(=O)NC(C)C)C4)[nH]n3)nccc2n1C. The Morgan fingerprint density at radius 3 is 2.97 bits per heavy atom. The van der Waals surface area contributed by atoms with Gasteiger partial charge in [0.05, 0.1) is 12.1 Å². The number of methoxy groups -OCH3 is 1. The number of pyridine rings is 1. The van der Waals surface area contributed by atoms with Gasteiger partial charge in [-0.2, -0.15) is 5.10 Å². The van der Waals surface area contributed by atoms with Gasteiger partial charge in [0, 0.05) is 55.2 Å². The minimum atomic E-state index is -0.345. The van der Waals surface area contributed by atoms with Crippen LogP contribution in [-0.2, 0) is 23.1 Å². The van der Waals surface area contributed by atoms with E-state index in [1.165, 1.54) is 0 Å². The Labute approximate surface area is 181 Å². The Morgan fingerprint density at radius 1 is 1.35 bits per heavy atom. The number of carbonyl (C=O) groups excluding carboxylic acids is 1. The van der Waals surface area contributed by atoms with Crippen molar-refractivity contribution in [3.8, 4) is 0 Å². The summed E-state index contributed by atoms with van der Waals surface area (Å²) in [4.78, 5) is 16.4. The normalized spacial score (nSPS) is 18.6. The van der Waals surface area contributed by atoms with E-state index in [2.05, 4.69) is 36.4 Å². The maximum Gasteiger partial charge on any atom is 0.407 e. The van der Waals surface area contributed by atoms with Crippen LogP contribution in [0, 0.1) is 0 Å². The molecule has 0 radical (unpaired) electrons. The third kappa shape index (κ3) is 4.66. The number of nitrogens with one attached hydrogen (secondary N) is 3. The largest absolute Gasteiger partial charge is 0.446 e. The van der Waals surface area contributed by atoms with E-state index >= 15 is 0 Å². The molecule has 9 heteroatoms. The van der Waals surface area contributed by atoms with E-state index in [4.69, 9.17) is 9.47 Å². The quantitative estimate of drug-likeness (QED) is 0.528. The van der Waals surface area contributed by atoms with Gasteiger partial charge in [0.25, 0.3) is 0 Å². The number of hydrogen-bond donors (Lipinski definition) is 3. The number of aryl methyl sites for hydroxylation is 1. The second kappa shape index (κ2) is 8.97. The smallest absolute Gasteiger partial charge is 0.407 e. The number of H-pyrrole nitrogens is 1. The third-order valence-electron chi connectivity index (χ3n) is 5.71. The average Bonchev–Trinajstić information content (AvgIpc) is 3.43. The monoisotopic (exact) mass is 426 g/mol. The molecule has 1 fully saturated rings. The number of amides is 1. The minimum Gasteiger partial charge on any atom is -0.446 e. The lowest BCUT2D eigenvalue weighted by molar-refractivity contribution is 0.0981. The van der Waals surface area contributed by atoms with Gasteiger partial charge >= 0.3 is 6.09 Å². The first-order valence-corrected chi connectivity index (χ1v) is 10.7. The standard InChI is InChI=1S/C22H30N6O3/c1-13(2)24-22(29)31-16-6-5-14(9-16)18-11-20(27-26-18)25-21-17-10-15(12-30-4)28(3)19(17)7-8-23-21/h7-8,10-11,13-14,16H,5-6,9,12H2,1-4H3,(H,24,29)(H2,23,25,26,27)/t14-,16+/m1/s1. The zero-order chi connectivity index (χ0) is 22.0. The second-order valence-corrected chi connectivity index (χ2v) is 8.39. The summed E-state index contributed by atoms with van der Waals surface area (Å²) < 4.78 is 12.9. The number of hydrogen-bond acceptors (Lipinski definition) is 6. The summed E-state index contributed by atoms with van der Waals surface area (Å²) in [5.41, 5.74) is 3.20. The number of aromatic nitrogens is 4. The van der Waals surface area contributed by atoms with Crippen molar-refractivity contribution in [2.45, 2.75) is 57.8 Å². The van der Waals surface area contributed by atoms with E-state index in [0.717, 1.165) is 47.4 Å². The summed E-state index contributed by atoms with van der Waals surface area (Å²) in [6, 6.07) is 6.16. The van der Waals surface area contributed by atoms with E-state index in [0.29, 0.717) is 12.4 Å². The Morgan fingerprint density at radius 2 is 2.19 bits per heavy atom. The molecule has 1 aliphatic rings. The minimum absolute atomic E-state index is 0.0672. The van der Waals surface area contributed by atoms with E-state index in [1.54, 1.807) is 13.3 Å². The topological polar surface area (TPSA) is 106 Å². The number of fused-ring (bicyclic) bond motifs is 1. The van der Waals surface area contributed by atoms with E-state index < -0.39 is 0 Å². The fourth-order valence-corrected chi connectivity index (χ4v) is 4.18. The van der Waals surface area contributed by atoms with Crippen molar-refractivity contribution in [3.63, 3.8) is 0 Å². The number of alkyl carbamates (subject to hydrolysis) is 1. The van der Waals surface area contributed by atoms with Gasteiger partial charge in [-0.05, 0) is 45.2 Å². The predicted molar refractivity (Wildman–Crippen MR) is 118 cm³/mol. The summed E-state index contributed by atoms with van der Waals surface area (Å²) in [5, 5.41) is 14.7. The summed E-state index contributed by atoms with van der Waals surface area (Å²) in [5.74, 6) is 1.76. The van der Waals surface area contributed by atoms with Gasteiger partial charge in [0.2, 0.25) is 0 Å². The van der Waals surface area contributed by atoms with E-state index in [-0.39, 0.29) is 24.2 Å². The number of nitrogens with zero attached hydrogens (tertiary/aromatic N) is 3. The number of aromatic amines is 1. The van der Waals surface area contributed by atoms with Crippen LogP contribution in [0.2, 0.25) is 0 Å². The average molecular weight is 427 g/mol. The molecule has 1 saturated carbocycles. The zero-order valence-corrected chi connectivity index (χ0v) is 18.4. The van der Waals surface area contributed by atoms with Crippen molar-refractivity contribution in [2.24, 2.45) is 7.05 Å². The highest BCUT2D eigenvalue weighted by molar-refractivity contribution is 5.92. The Balaban J connectivity index is 1.43. The summed E-state index contributed by atoms with van der Waals surface area (Å²) in [6.45, 7) is 4.37. The van der Waals surface area contributed by atoms with Gasteiger partial charge in [0.15, 0.2) is 5.82 Å². The Bertz CT molecular complexity index is 1060. The summed E-state index contributed by atoms with van der Waals surface area (Å²) >= 11 is 0. The number of ether oxygens (including phenoxy) is 2. The summed E-state index contributed by atoms with van der Waals surface area (Å²) in [7, 11) is 3.71. The molecule has 9 nitrogen and oxygen atoms in total. The molecule has 0 aliphatic heterocycles. The lowest BCUT2D eigenvalue weighted by Crippen LogP contribution is -2.33. The molecule has 3 heterocycles. The zero-order valence-electron chi connectivity index (χ0n) is 18.4. The van der Waals surface area contributed by atoms with Crippen LogP contribution >= 0.6 is 0 Å². The van der Waals surface area contributed by atoms with Gasteiger partial charge < -0.3 is 24.7 Å². The maximum absolute atomic E-state index is 11.9. The molecule has 3 aromatic rings. The van der Waals surface area contributed by atoms with Gasteiger partial charge in [-0.3, -0.25) is 5.10 Å². The van der Waals surface area contributed by atoms with Crippen LogP contribution in [0.3, 0.4) is 0 Å².